The van der Waals surface area contributed by atoms with E-state index in [9.17, 15) is 32.8 Å². The van der Waals surface area contributed by atoms with E-state index in [-0.39, 0.29) is 31.1 Å². The Morgan fingerprint density at radius 3 is 2.48 bits per heavy atom. The summed E-state index contributed by atoms with van der Waals surface area (Å²) in [6.07, 6.45) is 3.83. The Hall–Kier alpha value is -4.81. The Kier molecular flexibility index (Phi) is 13.7. The molecule has 1 aliphatic rings. The molecule has 5 amide bonds. The topological polar surface area (TPSA) is 155 Å². The highest BCUT2D eigenvalue weighted by molar-refractivity contribution is 5.93. The SMILES string of the molecule is COC(=O)[C@@H](NC(=O)N[C@@H](Cc1cccc(F)c1)C(=O)N[C@H]1CCCCNC(=O)C=C[C@H](Cc2ccccc2F)NC1=O)C(C)C. The first-order valence-electron chi connectivity index (χ1n) is 15.2. The second-order valence-corrected chi connectivity index (χ2v) is 11.4. The number of nitrogens with one attached hydrogen (secondary N) is 5. The van der Waals surface area contributed by atoms with Crippen molar-refractivity contribution in [2.45, 2.75) is 70.1 Å². The van der Waals surface area contributed by atoms with Crippen LogP contribution in [0.5, 0.6) is 0 Å². The number of ether oxygens (including phenoxy) is 1. The van der Waals surface area contributed by atoms with Gasteiger partial charge in [0, 0.05) is 19.0 Å². The molecule has 13 heteroatoms. The standard InChI is InChI=1S/C33H41F2N5O6/c1-20(2)29(32(44)46-3)40-33(45)39-27(18-21-9-8-11-23(34)17-21)31(43)38-26-13-6-7-16-36-28(41)15-14-24(37-30(26)42)19-22-10-4-5-12-25(22)35/h4-5,8-12,14-15,17,20,24,26-27,29H,6-7,13,16,18-19H2,1-3H3,(H,36,41)(H,37,42)(H,38,43)(H2,39,40,45)/t24-,26+,27+,29+/m1/s1. The van der Waals surface area contributed by atoms with Crippen LogP contribution in [0.2, 0.25) is 0 Å². The zero-order valence-corrected chi connectivity index (χ0v) is 26.1. The number of halogens is 2. The van der Waals surface area contributed by atoms with Gasteiger partial charge in [0.15, 0.2) is 0 Å². The number of esters is 1. The van der Waals surface area contributed by atoms with E-state index in [0.717, 1.165) is 0 Å². The van der Waals surface area contributed by atoms with Gasteiger partial charge < -0.3 is 31.3 Å². The summed E-state index contributed by atoms with van der Waals surface area (Å²) in [6.45, 7) is 3.76. The molecule has 0 aliphatic carbocycles. The van der Waals surface area contributed by atoms with Gasteiger partial charge in [-0.1, -0.05) is 50.3 Å². The van der Waals surface area contributed by atoms with Gasteiger partial charge >= 0.3 is 12.0 Å². The van der Waals surface area contributed by atoms with Gasteiger partial charge in [-0.15, -0.1) is 0 Å². The highest BCUT2D eigenvalue weighted by atomic mass is 19.1. The van der Waals surface area contributed by atoms with E-state index in [0.29, 0.717) is 30.5 Å². The lowest BCUT2D eigenvalue weighted by Gasteiger charge is -2.26. The molecule has 0 spiro atoms. The number of benzene rings is 2. The molecular weight excluding hydrogens is 600 g/mol. The number of hydrogen-bond acceptors (Lipinski definition) is 6. The summed E-state index contributed by atoms with van der Waals surface area (Å²) in [7, 11) is 1.19. The lowest BCUT2D eigenvalue weighted by Crippen LogP contribution is -2.58. The maximum Gasteiger partial charge on any atom is 0.328 e. The summed E-state index contributed by atoms with van der Waals surface area (Å²) in [5.74, 6) is -3.65. The molecule has 0 saturated carbocycles. The van der Waals surface area contributed by atoms with Crippen molar-refractivity contribution in [3.05, 3.63) is 83.4 Å². The molecule has 46 heavy (non-hydrogen) atoms. The van der Waals surface area contributed by atoms with E-state index in [1.165, 1.54) is 43.5 Å². The Bertz CT molecular complexity index is 1420. The summed E-state index contributed by atoms with van der Waals surface area (Å²) in [4.78, 5) is 64.6. The lowest BCUT2D eigenvalue weighted by molar-refractivity contribution is -0.144. The lowest BCUT2D eigenvalue weighted by atomic mass is 10.0. The van der Waals surface area contributed by atoms with E-state index in [2.05, 4.69) is 26.6 Å². The van der Waals surface area contributed by atoms with Gasteiger partial charge in [-0.25, -0.2) is 18.4 Å². The number of methoxy groups -OCH3 is 1. The van der Waals surface area contributed by atoms with Crippen molar-refractivity contribution >= 4 is 29.7 Å². The molecule has 0 unspecified atom stereocenters. The number of urea groups is 1. The van der Waals surface area contributed by atoms with Crippen molar-refractivity contribution < 1.29 is 37.5 Å². The number of hydrogen-bond donors (Lipinski definition) is 5. The van der Waals surface area contributed by atoms with Gasteiger partial charge in [0.25, 0.3) is 0 Å². The maximum atomic E-state index is 14.4. The van der Waals surface area contributed by atoms with Gasteiger partial charge in [0.1, 0.15) is 29.8 Å². The van der Waals surface area contributed by atoms with Crippen molar-refractivity contribution in [2.24, 2.45) is 5.92 Å². The van der Waals surface area contributed by atoms with Gasteiger partial charge in [-0.05, 0) is 60.9 Å². The van der Waals surface area contributed by atoms with Crippen LogP contribution < -0.4 is 26.6 Å². The molecule has 0 saturated heterocycles. The van der Waals surface area contributed by atoms with Crippen LogP contribution in [0.4, 0.5) is 13.6 Å². The largest absolute Gasteiger partial charge is 0.467 e. The number of carbonyl (C=O) groups is 5. The van der Waals surface area contributed by atoms with Crippen LogP contribution in [0.25, 0.3) is 0 Å². The predicted octanol–water partition coefficient (Wildman–Crippen LogP) is 2.44. The Morgan fingerprint density at radius 1 is 1.02 bits per heavy atom. The zero-order chi connectivity index (χ0) is 33.6. The molecule has 0 bridgehead atoms. The summed E-state index contributed by atoms with van der Waals surface area (Å²) in [5, 5.41) is 13.3. The second-order valence-electron chi connectivity index (χ2n) is 11.4. The minimum atomic E-state index is -1.27. The van der Waals surface area contributed by atoms with Crippen LogP contribution in [0.3, 0.4) is 0 Å². The Morgan fingerprint density at radius 2 is 1.78 bits per heavy atom. The zero-order valence-electron chi connectivity index (χ0n) is 26.1. The average molecular weight is 642 g/mol. The van der Waals surface area contributed by atoms with Gasteiger partial charge in [-0.2, -0.15) is 0 Å². The Labute approximate surface area is 266 Å². The van der Waals surface area contributed by atoms with E-state index in [1.807, 2.05) is 0 Å². The molecule has 5 N–H and O–H groups in total. The van der Waals surface area contributed by atoms with Gasteiger partial charge in [0.2, 0.25) is 17.7 Å². The third-order valence-corrected chi connectivity index (χ3v) is 7.42. The van der Waals surface area contributed by atoms with Gasteiger partial charge in [-0.3, -0.25) is 14.4 Å². The van der Waals surface area contributed by atoms with Crippen LogP contribution in [0.1, 0.15) is 44.2 Å². The Balaban J connectivity index is 1.83. The highest BCUT2D eigenvalue weighted by Crippen LogP contribution is 2.13. The minimum Gasteiger partial charge on any atom is -0.467 e. The van der Waals surface area contributed by atoms with Gasteiger partial charge in [0.05, 0.1) is 13.2 Å². The van der Waals surface area contributed by atoms with E-state index < -0.39 is 59.6 Å². The first-order valence-corrected chi connectivity index (χ1v) is 15.2. The third-order valence-electron chi connectivity index (χ3n) is 7.42. The molecule has 0 radical (unpaired) electrons. The molecular formula is C33H41F2N5O6. The molecule has 1 aliphatic heterocycles. The summed E-state index contributed by atoms with van der Waals surface area (Å²) >= 11 is 0. The van der Waals surface area contributed by atoms with Crippen molar-refractivity contribution in [3.63, 3.8) is 0 Å². The second kappa shape index (κ2) is 17.6. The monoisotopic (exact) mass is 641 g/mol. The molecule has 11 nitrogen and oxygen atoms in total. The molecule has 2 aromatic rings. The fourth-order valence-electron chi connectivity index (χ4n) is 4.91. The molecule has 3 rings (SSSR count). The summed E-state index contributed by atoms with van der Waals surface area (Å²) in [5.41, 5.74) is 0.727. The van der Waals surface area contributed by atoms with Crippen LogP contribution >= 0.6 is 0 Å². The molecule has 0 fully saturated rings. The fraction of sp³-hybridized carbons (Fsp3) is 0.424. The molecule has 4 atom stereocenters. The quantitative estimate of drug-likeness (QED) is 0.251. The normalized spacial score (nSPS) is 18.6. The highest BCUT2D eigenvalue weighted by Gasteiger charge is 2.30. The molecule has 1 heterocycles. The molecule has 248 valence electrons. The maximum absolute atomic E-state index is 14.4. The van der Waals surface area contributed by atoms with Crippen LogP contribution in [0.15, 0.2) is 60.7 Å². The van der Waals surface area contributed by atoms with Crippen LogP contribution in [0, 0.1) is 17.6 Å². The first kappa shape index (κ1) is 35.7. The van der Waals surface area contributed by atoms with E-state index in [1.54, 1.807) is 38.1 Å². The smallest absolute Gasteiger partial charge is 0.328 e. The third kappa shape index (κ3) is 11.3. The number of carbonyl (C=O) groups excluding carboxylic acids is 5. The van der Waals surface area contributed by atoms with E-state index >= 15 is 0 Å². The first-order chi connectivity index (χ1) is 22.0. The van der Waals surface area contributed by atoms with Crippen LogP contribution in [-0.4, -0.2) is 67.5 Å². The van der Waals surface area contributed by atoms with Crippen molar-refractivity contribution in [2.75, 3.05) is 13.7 Å². The summed E-state index contributed by atoms with van der Waals surface area (Å²) < 4.78 is 33.2. The van der Waals surface area contributed by atoms with E-state index in [4.69, 9.17) is 4.74 Å². The van der Waals surface area contributed by atoms with Crippen molar-refractivity contribution in [3.8, 4) is 0 Å². The minimum absolute atomic E-state index is 0.0456. The van der Waals surface area contributed by atoms with Crippen molar-refractivity contribution in [1.82, 2.24) is 26.6 Å². The number of rotatable bonds is 10. The molecule has 0 aromatic heterocycles. The fourth-order valence-corrected chi connectivity index (χ4v) is 4.91. The molecule has 2 aromatic carbocycles. The van der Waals surface area contributed by atoms with Crippen LogP contribution in [-0.2, 0) is 36.8 Å². The van der Waals surface area contributed by atoms with Crippen molar-refractivity contribution in [1.29, 1.82) is 0 Å². The number of amides is 5. The summed E-state index contributed by atoms with van der Waals surface area (Å²) in [6, 6.07) is 6.64. The predicted molar refractivity (Wildman–Crippen MR) is 166 cm³/mol. The average Bonchev–Trinajstić information content (AvgIpc) is 3.01.